The zero-order valence-corrected chi connectivity index (χ0v) is 11.6. The highest BCUT2D eigenvalue weighted by atomic mass is 35.5. The van der Waals surface area contributed by atoms with Crippen molar-refractivity contribution in [1.82, 2.24) is 0 Å². The van der Waals surface area contributed by atoms with Crippen LogP contribution >= 0.6 is 11.6 Å². The van der Waals surface area contributed by atoms with E-state index in [4.69, 9.17) is 22.1 Å². The molecule has 21 heavy (non-hydrogen) atoms. The fourth-order valence-electron chi connectivity index (χ4n) is 1.65. The van der Waals surface area contributed by atoms with E-state index in [-0.39, 0.29) is 17.2 Å². The van der Waals surface area contributed by atoms with Crippen molar-refractivity contribution in [2.24, 2.45) is 5.73 Å². The molecule has 0 spiro atoms. The van der Waals surface area contributed by atoms with Crippen LogP contribution in [0.2, 0.25) is 5.02 Å². The van der Waals surface area contributed by atoms with Gasteiger partial charge in [-0.05, 0) is 35.9 Å². The number of rotatable bonds is 4. The van der Waals surface area contributed by atoms with Crippen LogP contribution in [0.3, 0.4) is 0 Å². The van der Waals surface area contributed by atoms with E-state index in [0.29, 0.717) is 11.1 Å². The van der Waals surface area contributed by atoms with Gasteiger partial charge in [-0.25, -0.2) is 9.18 Å². The molecule has 0 bridgehead atoms. The van der Waals surface area contributed by atoms with E-state index in [9.17, 15) is 14.0 Å². The standard InChI is InChI=1S/C15H11ClFNO3/c16-13-7-11(17)5-6-12(13)15(20)21-8-9-1-3-10(4-2-9)14(18)19/h1-7H,8H2,(H2,18,19). The van der Waals surface area contributed by atoms with Crippen LogP contribution < -0.4 is 5.73 Å². The number of amides is 1. The van der Waals surface area contributed by atoms with Crippen molar-refractivity contribution in [2.45, 2.75) is 6.61 Å². The molecule has 0 aliphatic rings. The lowest BCUT2D eigenvalue weighted by Gasteiger charge is -2.07. The average molecular weight is 308 g/mol. The lowest BCUT2D eigenvalue weighted by atomic mass is 10.1. The fraction of sp³-hybridized carbons (Fsp3) is 0.0667. The molecule has 0 saturated heterocycles. The van der Waals surface area contributed by atoms with E-state index < -0.39 is 17.7 Å². The number of nitrogens with two attached hydrogens (primary N) is 1. The van der Waals surface area contributed by atoms with E-state index >= 15 is 0 Å². The zero-order chi connectivity index (χ0) is 15.4. The summed E-state index contributed by atoms with van der Waals surface area (Å²) in [6, 6.07) is 9.76. The topological polar surface area (TPSA) is 69.4 Å². The van der Waals surface area contributed by atoms with E-state index in [1.165, 1.54) is 18.2 Å². The van der Waals surface area contributed by atoms with E-state index in [0.717, 1.165) is 12.1 Å². The maximum atomic E-state index is 12.9. The number of esters is 1. The molecule has 2 N–H and O–H groups in total. The summed E-state index contributed by atoms with van der Waals surface area (Å²) in [7, 11) is 0. The van der Waals surface area contributed by atoms with E-state index in [2.05, 4.69) is 0 Å². The van der Waals surface area contributed by atoms with Crippen molar-refractivity contribution in [3.63, 3.8) is 0 Å². The molecule has 0 aliphatic carbocycles. The average Bonchev–Trinajstić information content (AvgIpc) is 2.45. The molecule has 0 unspecified atom stereocenters. The first kappa shape index (κ1) is 15.0. The van der Waals surface area contributed by atoms with Crippen molar-refractivity contribution < 1.29 is 18.7 Å². The third-order valence-corrected chi connectivity index (χ3v) is 3.07. The van der Waals surface area contributed by atoms with Gasteiger partial charge in [0.25, 0.3) is 0 Å². The summed E-state index contributed by atoms with van der Waals surface area (Å²) in [5.41, 5.74) is 6.26. The SMILES string of the molecule is NC(=O)c1ccc(COC(=O)c2ccc(F)cc2Cl)cc1. The minimum atomic E-state index is -0.654. The van der Waals surface area contributed by atoms with Crippen LogP contribution in [0.25, 0.3) is 0 Å². The molecule has 0 radical (unpaired) electrons. The third-order valence-electron chi connectivity index (χ3n) is 2.76. The fourth-order valence-corrected chi connectivity index (χ4v) is 1.89. The Kier molecular flexibility index (Phi) is 4.55. The predicted molar refractivity (Wildman–Crippen MR) is 75.5 cm³/mol. The first-order valence-corrected chi connectivity index (χ1v) is 6.36. The van der Waals surface area contributed by atoms with Crippen LogP contribution in [0, 0.1) is 5.82 Å². The largest absolute Gasteiger partial charge is 0.457 e. The van der Waals surface area contributed by atoms with Crippen molar-refractivity contribution in [1.29, 1.82) is 0 Å². The normalized spacial score (nSPS) is 10.2. The van der Waals surface area contributed by atoms with Gasteiger partial charge in [-0.15, -0.1) is 0 Å². The summed E-state index contributed by atoms with van der Waals surface area (Å²) < 4.78 is 18.0. The van der Waals surface area contributed by atoms with Gasteiger partial charge in [-0.1, -0.05) is 23.7 Å². The highest BCUT2D eigenvalue weighted by molar-refractivity contribution is 6.33. The van der Waals surface area contributed by atoms with Crippen molar-refractivity contribution in [3.05, 3.63) is 70.0 Å². The number of hydrogen-bond acceptors (Lipinski definition) is 3. The Labute approximate surface area is 125 Å². The van der Waals surface area contributed by atoms with Crippen molar-refractivity contribution in [3.8, 4) is 0 Å². The molecule has 0 fully saturated rings. The zero-order valence-electron chi connectivity index (χ0n) is 10.8. The Bertz CT molecular complexity index is 686. The molecule has 2 rings (SSSR count). The second kappa shape index (κ2) is 6.37. The number of hydrogen-bond donors (Lipinski definition) is 1. The Morgan fingerprint density at radius 2 is 1.81 bits per heavy atom. The molecule has 0 heterocycles. The van der Waals surface area contributed by atoms with Gasteiger partial charge in [0.2, 0.25) is 5.91 Å². The number of ether oxygens (including phenoxy) is 1. The minimum Gasteiger partial charge on any atom is -0.457 e. The van der Waals surface area contributed by atoms with Crippen LogP contribution in [0.5, 0.6) is 0 Å². The van der Waals surface area contributed by atoms with Crippen LogP contribution in [-0.4, -0.2) is 11.9 Å². The van der Waals surface area contributed by atoms with Crippen LogP contribution in [0.4, 0.5) is 4.39 Å². The number of benzene rings is 2. The lowest BCUT2D eigenvalue weighted by Crippen LogP contribution is -2.11. The van der Waals surface area contributed by atoms with Gasteiger partial charge in [-0.3, -0.25) is 4.79 Å². The molecule has 2 aromatic rings. The van der Waals surface area contributed by atoms with Gasteiger partial charge in [0, 0.05) is 5.56 Å². The van der Waals surface area contributed by atoms with Gasteiger partial charge < -0.3 is 10.5 Å². The maximum absolute atomic E-state index is 12.9. The van der Waals surface area contributed by atoms with Crippen LogP contribution in [0.1, 0.15) is 26.3 Å². The number of carbonyl (C=O) groups is 2. The third kappa shape index (κ3) is 3.79. The van der Waals surface area contributed by atoms with Gasteiger partial charge in [0.05, 0.1) is 10.6 Å². The van der Waals surface area contributed by atoms with Gasteiger partial charge in [-0.2, -0.15) is 0 Å². The Morgan fingerprint density at radius 1 is 1.14 bits per heavy atom. The Hall–Kier alpha value is -2.40. The summed E-state index contributed by atoms with van der Waals surface area (Å²) >= 11 is 5.77. The molecule has 0 aromatic heterocycles. The summed E-state index contributed by atoms with van der Waals surface area (Å²) in [6.07, 6.45) is 0. The smallest absolute Gasteiger partial charge is 0.339 e. The highest BCUT2D eigenvalue weighted by Crippen LogP contribution is 2.18. The second-order valence-corrected chi connectivity index (χ2v) is 4.67. The number of primary amides is 1. The van der Waals surface area contributed by atoms with E-state index in [1.54, 1.807) is 12.1 Å². The van der Waals surface area contributed by atoms with E-state index in [1.807, 2.05) is 0 Å². The first-order valence-electron chi connectivity index (χ1n) is 5.98. The second-order valence-electron chi connectivity index (χ2n) is 4.26. The lowest BCUT2D eigenvalue weighted by molar-refractivity contribution is 0.0472. The summed E-state index contributed by atoms with van der Waals surface area (Å²) in [4.78, 5) is 22.7. The predicted octanol–water partition coefficient (Wildman–Crippen LogP) is 2.94. The molecule has 0 aliphatic heterocycles. The summed E-state index contributed by atoms with van der Waals surface area (Å²) in [6.45, 7) is 0.00554. The highest BCUT2D eigenvalue weighted by Gasteiger charge is 2.12. The molecule has 4 nitrogen and oxygen atoms in total. The summed E-state index contributed by atoms with van der Waals surface area (Å²) in [5.74, 6) is -1.71. The minimum absolute atomic E-state index is 0.00554. The maximum Gasteiger partial charge on any atom is 0.339 e. The van der Waals surface area contributed by atoms with Crippen LogP contribution in [0.15, 0.2) is 42.5 Å². The van der Waals surface area contributed by atoms with Gasteiger partial charge in [0.15, 0.2) is 0 Å². The van der Waals surface area contributed by atoms with Crippen molar-refractivity contribution in [2.75, 3.05) is 0 Å². The molecule has 0 atom stereocenters. The molecule has 0 saturated carbocycles. The summed E-state index contributed by atoms with van der Waals surface area (Å²) in [5, 5.41) is -0.0101. The molecular weight excluding hydrogens is 297 g/mol. The monoisotopic (exact) mass is 307 g/mol. The quantitative estimate of drug-likeness (QED) is 0.883. The first-order chi connectivity index (χ1) is 9.97. The molecular formula is C15H11ClFNO3. The number of carbonyl (C=O) groups excluding carboxylic acids is 2. The Balaban J connectivity index is 2.02. The van der Waals surface area contributed by atoms with Gasteiger partial charge >= 0.3 is 5.97 Å². The number of halogens is 2. The molecule has 6 heteroatoms. The molecule has 2 aromatic carbocycles. The van der Waals surface area contributed by atoms with Gasteiger partial charge in [0.1, 0.15) is 12.4 Å². The van der Waals surface area contributed by atoms with Crippen molar-refractivity contribution >= 4 is 23.5 Å². The van der Waals surface area contributed by atoms with Crippen LogP contribution in [-0.2, 0) is 11.3 Å². The molecule has 108 valence electrons. The Morgan fingerprint density at radius 3 is 2.38 bits per heavy atom. The molecule has 1 amide bonds.